The van der Waals surface area contributed by atoms with E-state index in [1.54, 1.807) is 11.1 Å². The third-order valence-electron chi connectivity index (χ3n) is 7.26. The molecule has 0 saturated heterocycles. The first kappa shape index (κ1) is 28.8. The lowest BCUT2D eigenvalue weighted by Crippen LogP contribution is -2.39. The van der Waals surface area contributed by atoms with Crippen molar-refractivity contribution in [2.75, 3.05) is 32.5 Å². The van der Waals surface area contributed by atoms with Crippen molar-refractivity contribution in [1.82, 2.24) is 19.4 Å². The Morgan fingerprint density at radius 1 is 1.00 bits per heavy atom. The van der Waals surface area contributed by atoms with Gasteiger partial charge < -0.3 is 19.7 Å². The summed E-state index contributed by atoms with van der Waals surface area (Å²) in [5.41, 5.74) is 4.37. The van der Waals surface area contributed by atoms with Crippen molar-refractivity contribution in [3.05, 3.63) is 77.1 Å². The minimum atomic E-state index is -3.70. The number of nitrogens with one attached hydrogen (secondary N) is 1. The van der Waals surface area contributed by atoms with Gasteiger partial charge in [-0.3, -0.25) is 0 Å². The third-order valence-corrected chi connectivity index (χ3v) is 8.83. The maximum absolute atomic E-state index is 13.7. The molecule has 39 heavy (non-hydrogen) atoms. The molecule has 2 aromatic carbocycles. The molecule has 0 aliphatic heterocycles. The van der Waals surface area contributed by atoms with Gasteiger partial charge in [-0.25, -0.2) is 18.2 Å². The molecule has 0 atom stereocenters. The fraction of sp³-hybridized carbons (Fsp3) is 0.467. The Bertz CT molecular complexity index is 1360. The summed E-state index contributed by atoms with van der Waals surface area (Å²) >= 11 is 0. The number of amides is 2. The van der Waals surface area contributed by atoms with Gasteiger partial charge in [0.05, 0.1) is 24.2 Å². The van der Waals surface area contributed by atoms with Crippen LogP contribution >= 0.6 is 0 Å². The minimum Gasteiger partial charge on any atom is -0.317 e. The van der Waals surface area contributed by atoms with Crippen molar-refractivity contribution in [2.24, 2.45) is 0 Å². The van der Waals surface area contributed by atoms with E-state index in [4.69, 9.17) is 0 Å². The quantitative estimate of drug-likeness (QED) is 0.356. The number of benzene rings is 2. The van der Waals surface area contributed by atoms with E-state index in [0.717, 1.165) is 60.2 Å². The average Bonchev–Trinajstić information content (AvgIpc) is 3.32. The van der Waals surface area contributed by atoms with Crippen LogP contribution in [0.15, 0.2) is 59.9 Å². The molecule has 2 amide bonds. The maximum Gasteiger partial charge on any atom is 0.322 e. The standard InChI is InChI=1S/C30H41N5O3S/c1-23-13-15-26(16-14-23)32-29(36)34(18-17-33(3)4)21-28-20-31-30(35(28)27-11-6-5-7-12-27)39(37,38)22-25-10-8-9-24(2)19-25/h8-10,13-16,19-20,27H,5-7,11-12,17-18,21-22H2,1-4H3,(H,32,36). The SMILES string of the molecule is Cc1ccc(NC(=O)N(CCN(C)C)Cc2cnc(S(=O)(=O)Cc3cccc(C)c3)n2C2CCCCC2)cc1. The second-order valence-corrected chi connectivity index (χ2v) is 12.8. The number of urea groups is 1. The van der Waals surface area contributed by atoms with Gasteiger partial charge in [0.1, 0.15) is 0 Å². The van der Waals surface area contributed by atoms with Gasteiger partial charge in [-0.05, 0) is 58.5 Å². The van der Waals surface area contributed by atoms with Crippen molar-refractivity contribution >= 4 is 21.6 Å². The molecule has 0 unspecified atom stereocenters. The summed E-state index contributed by atoms with van der Waals surface area (Å²) in [6, 6.07) is 15.1. The predicted molar refractivity (Wildman–Crippen MR) is 156 cm³/mol. The van der Waals surface area contributed by atoms with Crippen LogP contribution in [0.2, 0.25) is 0 Å². The van der Waals surface area contributed by atoms with Crippen LogP contribution in [0.1, 0.15) is 60.5 Å². The molecule has 9 heteroatoms. The van der Waals surface area contributed by atoms with Gasteiger partial charge in [-0.15, -0.1) is 0 Å². The molecule has 1 saturated carbocycles. The molecule has 1 aliphatic carbocycles. The molecule has 3 aromatic rings. The van der Waals surface area contributed by atoms with E-state index in [1.165, 1.54) is 0 Å². The fourth-order valence-electron chi connectivity index (χ4n) is 5.15. The Hall–Kier alpha value is -3.17. The van der Waals surface area contributed by atoms with Crippen molar-refractivity contribution in [3.63, 3.8) is 0 Å². The van der Waals surface area contributed by atoms with Crippen LogP contribution in [0.25, 0.3) is 0 Å². The fourth-order valence-corrected chi connectivity index (χ4v) is 6.67. The zero-order chi connectivity index (χ0) is 28.0. The maximum atomic E-state index is 13.7. The number of carbonyl (C=O) groups excluding carboxylic acids is 1. The summed E-state index contributed by atoms with van der Waals surface area (Å²) in [5.74, 6) is -0.101. The first-order chi connectivity index (χ1) is 18.6. The molecule has 0 bridgehead atoms. The molecule has 1 aromatic heterocycles. The number of sulfone groups is 1. The highest BCUT2D eigenvalue weighted by atomic mass is 32.2. The molecule has 1 N–H and O–H groups in total. The van der Waals surface area contributed by atoms with E-state index in [2.05, 4.69) is 10.3 Å². The van der Waals surface area contributed by atoms with Gasteiger partial charge in [0.2, 0.25) is 15.0 Å². The zero-order valence-electron chi connectivity index (χ0n) is 23.6. The molecule has 210 valence electrons. The number of hydrogen-bond donors (Lipinski definition) is 1. The van der Waals surface area contributed by atoms with Gasteiger partial charge in [-0.2, -0.15) is 0 Å². The number of hydrogen-bond acceptors (Lipinski definition) is 5. The van der Waals surface area contributed by atoms with E-state index in [1.807, 2.05) is 85.9 Å². The smallest absolute Gasteiger partial charge is 0.317 e. The second kappa shape index (κ2) is 12.8. The van der Waals surface area contributed by atoms with E-state index < -0.39 is 9.84 Å². The molecule has 1 aliphatic rings. The topological polar surface area (TPSA) is 87.5 Å². The third kappa shape index (κ3) is 7.70. The number of likely N-dealkylation sites (N-methyl/N-ethyl adjacent to an activating group) is 1. The van der Waals surface area contributed by atoms with Gasteiger partial charge in [-0.1, -0.05) is 66.8 Å². The molecule has 4 rings (SSSR count). The largest absolute Gasteiger partial charge is 0.322 e. The van der Waals surface area contributed by atoms with Gasteiger partial charge in [0, 0.05) is 24.8 Å². The molecular formula is C30H41N5O3S. The van der Waals surface area contributed by atoms with E-state index >= 15 is 0 Å². The van der Waals surface area contributed by atoms with E-state index in [9.17, 15) is 13.2 Å². The highest BCUT2D eigenvalue weighted by Gasteiger charge is 2.30. The number of nitrogens with zero attached hydrogens (tertiary/aromatic N) is 4. The Labute approximate surface area is 233 Å². The van der Waals surface area contributed by atoms with Crippen LogP contribution in [0.3, 0.4) is 0 Å². The Balaban J connectivity index is 1.65. The van der Waals surface area contributed by atoms with Gasteiger partial charge in [0.25, 0.3) is 0 Å². The lowest BCUT2D eigenvalue weighted by Gasteiger charge is -2.29. The average molecular weight is 552 g/mol. The minimum absolute atomic E-state index is 0.0504. The van der Waals surface area contributed by atoms with Crippen molar-refractivity contribution in [1.29, 1.82) is 0 Å². The first-order valence-electron chi connectivity index (χ1n) is 13.7. The highest BCUT2D eigenvalue weighted by molar-refractivity contribution is 7.90. The van der Waals surface area contributed by atoms with Crippen LogP contribution in [-0.4, -0.2) is 61.0 Å². The molecule has 1 fully saturated rings. The number of aryl methyl sites for hydroxylation is 2. The second-order valence-electron chi connectivity index (χ2n) is 11.0. The number of aromatic nitrogens is 2. The molecule has 8 nitrogen and oxygen atoms in total. The predicted octanol–water partition coefficient (Wildman–Crippen LogP) is 5.57. The summed E-state index contributed by atoms with van der Waals surface area (Å²) in [6.07, 6.45) is 6.72. The van der Waals surface area contributed by atoms with Gasteiger partial charge >= 0.3 is 6.03 Å². The Morgan fingerprint density at radius 2 is 1.72 bits per heavy atom. The summed E-state index contributed by atoms with van der Waals surface area (Å²) in [4.78, 5) is 21.7. The van der Waals surface area contributed by atoms with Crippen LogP contribution in [0.4, 0.5) is 10.5 Å². The van der Waals surface area contributed by atoms with Crippen LogP contribution in [-0.2, 0) is 22.1 Å². The van der Waals surface area contributed by atoms with Crippen LogP contribution < -0.4 is 5.32 Å². The highest BCUT2D eigenvalue weighted by Crippen LogP contribution is 2.33. The number of anilines is 1. The summed E-state index contributed by atoms with van der Waals surface area (Å²) in [6.45, 7) is 5.41. The number of imidazole rings is 1. The number of carbonyl (C=O) groups is 1. The van der Waals surface area contributed by atoms with E-state index in [-0.39, 0.29) is 29.5 Å². The lowest BCUT2D eigenvalue weighted by molar-refractivity contribution is 0.199. The Morgan fingerprint density at radius 3 is 2.38 bits per heavy atom. The summed E-state index contributed by atoms with van der Waals surface area (Å²) in [7, 11) is 0.242. The van der Waals surface area contributed by atoms with Crippen LogP contribution in [0, 0.1) is 13.8 Å². The summed E-state index contributed by atoms with van der Waals surface area (Å²) in [5, 5.41) is 3.12. The number of rotatable bonds is 10. The van der Waals surface area contributed by atoms with Crippen molar-refractivity contribution in [2.45, 2.75) is 69.4 Å². The monoisotopic (exact) mass is 551 g/mol. The molecule has 0 spiro atoms. The van der Waals surface area contributed by atoms with Crippen LogP contribution in [0.5, 0.6) is 0 Å². The summed E-state index contributed by atoms with van der Waals surface area (Å²) < 4.78 is 29.3. The zero-order valence-corrected chi connectivity index (χ0v) is 24.4. The van der Waals surface area contributed by atoms with E-state index in [0.29, 0.717) is 13.1 Å². The molecule has 1 heterocycles. The first-order valence-corrected chi connectivity index (χ1v) is 15.4. The van der Waals surface area contributed by atoms with Crippen molar-refractivity contribution in [3.8, 4) is 0 Å². The van der Waals surface area contributed by atoms with Gasteiger partial charge in [0.15, 0.2) is 0 Å². The van der Waals surface area contributed by atoms with Crippen molar-refractivity contribution < 1.29 is 13.2 Å². The molecule has 0 radical (unpaired) electrons. The Kier molecular flexibility index (Phi) is 9.45. The lowest BCUT2D eigenvalue weighted by atomic mass is 9.95. The normalized spacial score (nSPS) is 14.5. The molecular weight excluding hydrogens is 510 g/mol.